The van der Waals surface area contributed by atoms with Crippen LogP contribution in [-0.4, -0.2) is 4.92 Å². The van der Waals surface area contributed by atoms with Crippen LogP contribution in [0.5, 0.6) is 0 Å². The summed E-state index contributed by atoms with van der Waals surface area (Å²) in [7, 11) is 0. The first-order valence-electron chi connectivity index (χ1n) is 3.59. The van der Waals surface area contributed by atoms with Gasteiger partial charge in [0.25, 0.3) is 5.69 Å². The Morgan fingerprint density at radius 2 is 2.21 bits per heavy atom. The molecule has 0 aliphatic rings. The average Bonchev–Trinajstić information content (AvgIpc) is 2.16. The van der Waals surface area contributed by atoms with Crippen molar-refractivity contribution in [1.82, 2.24) is 0 Å². The van der Waals surface area contributed by atoms with Crippen molar-refractivity contribution in [3.8, 4) is 17.9 Å². The lowest BCUT2D eigenvalue weighted by molar-refractivity contribution is -0.384. The van der Waals surface area contributed by atoms with Gasteiger partial charge in [-0.3, -0.25) is 10.1 Å². The molecule has 0 aromatic heterocycles. The van der Waals surface area contributed by atoms with E-state index in [1.807, 2.05) is 0 Å². The number of non-ortho nitro benzene ring substituents is 1. The molecule has 0 saturated heterocycles. The van der Waals surface area contributed by atoms with Gasteiger partial charge in [0, 0.05) is 23.7 Å². The van der Waals surface area contributed by atoms with Gasteiger partial charge in [0.2, 0.25) is 0 Å². The van der Waals surface area contributed by atoms with Crippen molar-refractivity contribution in [2.24, 2.45) is 0 Å². The third-order valence-electron chi connectivity index (χ3n) is 1.50. The molecular formula is C9H5N3O2. The number of hydrogen-bond acceptors (Lipinski definition) is 4. The van der Waals surface area contributed by atoms with Crippen LogP contribution in [0.1, 0.15) is 5.56 Å². The van der Waals surface area contributed by atoms with Crippen molar-refractivity contribution >= 4 is 11.4 Å². The lowest BCUT2D eigenvalue weighted by atomic mass is 10.1. The first-order valence-corrected chi connectivity index (χ1v) is 3.59. The third-order valence-corrected chi connectivity index (χ3v) is 1.50. The molecule has 1 rings (SSSR count). The molecule has 0 spiro atoms. The molecule has 0 heterocycles. The first-order chi connectivity index (χ1) is 6.65. The van der Waals surface area contributed by atoms with Crippen molar-refractivity contribution in [3.63, 3.8) is 0 Å². The van der Waals surface area contributed by atoms with Gasteiger partial charge in [-0.05, 0) is 12.0 Å². The molecule has 14 heavy (non-hydrogen) atoms. The molecule has 1 aromatic carbocycles. The molecule has 5 nitrogen and oxygen atoms in total. The summed E-state index contributed by atoms with van der Waals surface area (Å²) >= 11 is 0. The van der Waals surface area contributed by atoms with Crippen molar-refractivity contribution in [2.75, 3.05) is 5.73 Å². The summed E-state index contributed by atoms with van der Waals surface area (Å²) in [4.78, 5) is 9.85. The molecule has 2 N–H and O–H groups in total. The molecular weight excluding hydrogens is 182 g/mol. The number of benzene rings is 1. The summed E-state index contributed by atoms with van der Waals surface area (Å²) in [5, 5.41) is 18.6. The normalized spacial score (nSPS) is 8.21. The van der Waals surface area contributed by atoms with E-state index in [1.165, 1.54) is 18.2 Å². The van der Waals surface area contributed by atoms with Crippen molar-refractivity contribution in [2.45, 2.75) is 0 Å². The molecule has 5 heteroatoms. The Morgan fingerprint density at radius 3 is 2.79 bits per heavy atom. The van der Waals surface area contributed by atoms with Gasteiger partial charge in [0.05, 0.1) is 10.5 Å². The quantitative estimate of drug-likeness (QED) is 0.308. The fourth-order valence-electron chi connectivity index (χ4n) is 0.861. The largest absolute Gasteiger partial charge is 0.398 e. The molecule has 0 saturated carbocycles. The second-order valence-corrected chi connectivity index (χ2v) is 2.39. The summed E-state index contributed by atoms with van der Waals surface area (Å²) in [5.74, 6) is 4.54. The second kappa shape index (κ2) is 3.92. The Bertz CT molecular complexity index is 477. The highest BCUT2D eigenvalue weighted by atomic mass is 16.6. The van der Waals surface area contributed by atoms with E-state index in [9.17, 15) is 10.1 Å². The van der Waals surface area contributed by atoms with Gasteiger partial charge in [-0.1, -0.05) is 0 Å². The van der Waals surface area contributed by atoms with Gasteiger partial charge in [-0.2, -0.15) is 5.26 Å². The zero-order valence-electron chi connectivity index (χ0n) is 7.02. The molecule has 0 aliphatic carbocycles. The molecule has 68 valence electrons. The zero-order valence-corrected chi connectivity index (χ0v) is 7.02. The maximum Gasteiger partial charge on any atom is 0.270 e. The minimum atomic E-state index is -0.545. The van der Waals surface area contributed by atoms with Crippen LogP contribution < -0.4 is 5.73 Å². The van der Waals surface area contributed by atoms with Gasteiger partial charge in [-0.15, -0.1) is 0 Å². The highest BCUT2D eigenvalue weighted by molar-refractivity contribution is 5.60. The summed E-state index contributed by atoms with van der Waals surface area (Å²) in [5.41, 5.74) is 6.01. The Balaban J connectivity index is 3.23. The molecule has 1 aromatic rings. The molecule has 0 atom stereocenters. The van der Waals surface area contributed by atoms with Gasteiger partial charge < -0.3 is 5.73 Å². The Kier molecular flexibility index (Phi) is 2.68. The van der Waals surface area contributed by atoms with E-state index in [2.05, 4.69) is 11.8 Å². The van der Waals surface area contributed by atoms with E-state index in [1.54, 1.807) is 6.07 Å². The smallest absolute Gasteiger partial charge is 0.270 e. The summed E-state index contributed by atoms with van der Waals surface area (Å²) in [6.07, 6.45) is 0. The minimum absolute atomic E-state index is 0.0959. The third kappa shape index (κ3) is 1.99. The number of nitro benzene ring substituents is 1. The molecule has 0 fully saturated rings. The van der Waals surface area contributed by atoms with Gasteiger partial charge >= 0.3 is 0 Å². The number of nitro groups is 1. The van der Waals surface area contributed by atoms with Crippen LogP contribution in [0.2, 0.25) is 0 Å². The standard InChI is InChI=1S/C9H5N3O2/c10-5-1-2-7-6-8(12(13)14)3-4-9(7)11/h3-4,6H,11H2. The number of anilines is 1. The second-order valence-electron chi connectivity index (χ2n) is 2.39. The number of nitrogens with zero attached hydrogens (tertiary/aromatic N) is 2. The van der Waals surface area contributed by atoms with Crippen LogP contribution in [-0.2, 0) is 0 Å². The van der Waals surface area contributed by atoms with E-state index in [4.69, 9.17) is 11.0 Å². The Labute approximate surface area is 79.9 Å². The molecule has 0 amide bonds. The fraction of sp³-hybridized carbons (Fsp3) is 0. The lowest BCUT2D eigenvalue weighted by Crippen LogP contribution is -1.93. The summed E-state index contributed by atoms with van der Waals surface area (Å²) < 4.78 is 0. The number of nitriles is 1. The maximum absolute atomic E-state index is 10.4. The van der Waals surface area contributed by atoms with E-state index < -0.39 is 4.92 Å². The van der Waals surface area contributed by atoms with E-state index in [-0.39, 0.29) is 5.69 Å². The Morgan fingerprint density at radius 1 is 1.50 bits per heavy atom. The first kappa shape index (κ1) is 9.56. The van der Waals surface area contributed by atoms with Crippen LogP contribution in [0.15, 0.2) is 18.2 Å². The van der Waals surface area contributed by atoms with Gasteiger partial charge in [0.15, 0.2) is 6.07 Å². The Hall–Kier alpha value is -2.53. The van der Waals surface area contributed by atoms with E-state index in [0.717, 1.165) is 0 Å². The van der Waals surface area contributed by atoms with Crippen LogP contribution in [0, 0.1) is 33.3 Å². The number of rotatable bonds is 1. The van der Waals surface area contributed by atoms with Crippen molar-refractivity contribution in [1.29, 1.82) is 5.26 Å². The summed E-state index contributed by atoms with van der Waals surface area (Å²) in [6, 6.07) is 5.51. The SMILES string of the molecule is N#CC#Cc1cc([N+](=O)[O-])ccc1N. The average molecular weight is 187 g/mol. The maximum atomic E-state index is 10.4. The topological polar surface area (TPSA) is 92.9 Å². The monoisotopic (exact) mass is 187 g/mol. The van der Waals surface area contributed by atoms with Crippen LogP contribution in [0.4, 0.5) is 11.4 Å². The molecule has 0 unspecified atom stereocenters. The highest BCUT2D eigenvalue weighted by Gasteiger charge is 2.06. The number of nitrogens with two attached hydrogens (primary N) is 1. The van der Waals surface area contributed by atoms with E-state index >= 15 is 0 Å². The molecule has 0 aliphatic heterocycles. The van der Waals surface area contributed by atoms with Gasteiger partial charge in [-0.25, -0.2) is 0 Å². The molecule has 0 radical (unpaired) electrons. The van der Waals surface area contributed by atoms with Crippen molar-refractivity contribution < 1.29 is 4.92 Å². The lowest BCUT2D eigenvalue weighted by Gasteiger charge is -1.96. The predicted molar refractivity (Wildman–Crippen MR) is 50.0 cm³/mol. The number of nitrogen functional groups attached to an aromatic ring is 1. The molecule has 0 bridgehead atoms. The highest BCUT2D eigenvalue weighted by Crippen LogP contribution is 2.18. The minimum Gasteiger partial charge on any atom is -0.398 e. The number of hydrogen-bond donors (Lipinski definition) is 1. The van der Waals surface area contributed by atoms with Crippen LogP contribution in [0.3, 0.4) is 0 Å². The van der Waals surface area contributed by atoms with Crippen LogP contribution >= 0.6 is 0 Å². The predicted octanol–water partition coefficient (Wildman–Crippen LogP) is 1.05. The van der Waals surface area contributed by atoms with Crippen molar-refractivity contribution in [3.05, 3.63) is 33.9 Å². The van der Waals surface area contributed by atoms with Crippen LogP contribution in [0.25, 0.3) is 0 Å². The van der Waals surface area contributed by atoms with E-state index in [0.29, 0.717) is 11.3 Å². The fourth-order valence-corrected chi connectivity index (χ4v) is 0.861. The summed E-state index contributed by atoms with van der Waals surface area (Å²) in [6.45, 7) is 0. The van der Waals surface area contributed by atoms with Gasteiger partial charge in [0.1, 0.15) is 0 Å². The zero-order chi connectivity index (χ0) is 10.6.